The highest BCUT2D eigenvalue weighted by atomic mass is 15.1. The second kappa shape index (κ2) is 3.87. The minimum Gasteiger partial charge on any atom is -0.331 e. The predicted octanol–water partition coefficient (Wildman–Crippen LogP) is 2.76. The highest BCUT2D eigenvalue weighted by molar-refractivity contribution is 5.21. The molecule has 3 nitrogen and oxygen atoms in total. The van der Waals surface area contributed by atoms with Crippen LogP contribution in [0.4, 0.5) is 0 Å². The van der Waals surface area contributed by atoms with E-state index in [4.69, 9.17) is 10.2 Å². The Kier molecular flexibility index (Phi) is 2.47. The summed E-state index contributed by atoms with van der Waals surface area (Å²) < 4.78 is 2.40. The van der Waals surface area contributed by atoms with Gasteiger partial charge < -0.3 is 4.57 Å². The molecule has 1 fully saturated rings. The molecule has 2 aliphatic rings. The lowest BCUT2D eigenvalue weighted by Crippen LogP contribution is -2.16. The fourth-order valence-electron chi connectivity index (χ4n) is 3.02. The van der Waals surface area contributed by atoms with Crippen molar-refractivity contribution in [3.8, 4) is 6.07 Å². The molecule has 0 bridgehead atoms. The third kappa shape index (κ3) is 1.86. The van der Waals surface area contributed by atoms with Gasteiger partial charge in [0.05, 0.1) is 11.8 Å². The summed E-state index contributed by atoms with van der Waals surface area (Å²) in [5.74, 6) is 1.15. The standard InChI is InChI=1S/C14H19N3/c1-11-16-12-4-2-3-5-13(12)17(11)10-14(6-7-14)8-9-15/h2-8,10H2,1H3. The lowest BCUT2D eigenvalue weighted by atomic mass is 9.99. The van der Waals surface area contributed by atoms with E-state index in [1.54, 1.807) is 0 Å². The first kappa shape index (κ1) is 10.8. The molecule has 17 heavy (non-hydrogen) atoms. The summed E-state index contributed by atoms with van der Waals surface area (Å²) in [6.07, 6.45) is 8.04. The van der Waals surface area contributed by atoms with Crippen LogP contribution in [-0.2, 0) is 19.4 Å². The quantitative estimate of drug-likeness (QED) is 0.799. The molecule has 0 saturated heterocycles. The minimum atomic E-state index is 0.283. The van der Waals surface area contributed by atoms with E-state index < -0.39 is 0 Å². The second-order valence-corrected chi connectivity index (χ2v) is 5.68. The van der Waals surface area contributed by atoms with Crippen molar-refractivity contribution >= 4 is 0 Å². The maximum Gasteiger partial charge on any atom is 0.106 e. The number of hydrogen-bond donors (Lipinski definition) is 0. The zero-order chi connectivity index (χ0) is 11.9. The van der Waals surface area contributed by atoms with Crippen LogP contribution < -0.4 is 0 Å². The SMILES string of the molecule is Cc1nc2c(n1CC1(CC#N)CC1)CCCC2. The van der Waals surface area contributed by atoms with Crippen LogP contribution in [0, 0.1) is 23.7 Å². The fourth-order valence-corrected chi connectivity index (χ4v) is 3.02. The van der Waals surface area contributed by atoms with Gasteiger partial charge in [0.1, 0.15) is 5.82 Å². The smallest absolute Gasteiger partial charge is 0.106 e. The third-order valence-corrected chi connectivity index (χ3v) is 4.33. The van der Waals surface area contributed by atoms with E-state index >= 15 is 0 Å². The van der Waals surface area contributed by atoms with E-state index in [9.17, 15) is 0 Å². The molecule has 0 atom stereocenters. The van der Waals surface area contributed by atoms with E-state index in [0.29, 0.717) is 6.42 Å². The Labute approximate surface area is 102 Å². The average molecular weight is 229 g/mol. The first-order valence-corrected chi connectivity index (χ1v) is 6.66. The predicted molar refractivity (Wildman–Crippen MR) is 65.5 cm³/mol. The Hall–Kier alpha value is -1.30. The van der Waals surface area contributed by atoms with Crippen LogP contribution in [-0.4, -0.2) is 9.55 Å². The molecule has 0 amide bonds. The van der Waals surface area contributed by atoms with Gasteiger partial charge in [-0.05, 0) is 45.4 Å². The molecule has 1 heterocycles. The van der Waals surface area contributed by atoms with Gasteiger partial charge in [0.15, 0.2) is 0 Å². The molecule has 1 saturated carbocycles. The highest BCUT2D eigenvalue weighted by Gasteiger charge is 2.43. The molecule has 0 radical (unpaired) electrons. The van der Waals surface area contributed by atoms with Crippen molar-refractivity contribution in [2.75, 3.05) is 0 Å². The Morgan fingerprint density at radius 3 is 2.82 bits per heavy atom. The van der Waals surface area contributed by atoms with Crippen molar-refractivity contribution in [2.24, 2.45) is 5.41 Å². The van der Waals surface area contributed by atoms with Crippen molar-refractivity contribution in [3.05, 3.63) is 17.2 Å². The molecule has 0 N–H and O–H groups in total. The van der Waals surface area contributed by atoms with Crippen molar-refractivity contribution in [1.82, 2.24) is 9.55 Å². The van der Waals surface area contributed by atoms with Crippen LogP contribution in [0.5, 0.6) is 0 Å². The van der Waals surface area contributed by atoms with Gasteiger partial charge in [-0.15, -0.1) is 0 Å². The number of aryl methyl sites for hydroxylation is 2. The highest BCUT2D eigenvalue weighted by Crippen LogP contribution is 2.50. The number of imidazole rings is 1. The van der Waals surface area contributed by atoms with Crippen molar-refractivity contribution in [1.29, 1.82) is 5.26 Å². The summed E-state index contributed by atoms with van der Waals surface area (Å²) in [5.41, 5.74) is 3.06. The molecule has 1 aromatic rings. The molecule has 0 aliphatic heterocycles. The number of nitriles is 1. The molecule has 0 unspecified atom stereocenters. The van der Waals surface area contributed by atoms with Gasteiger partial charge in [-0.2, -0.15) is 5.26 Å². The molecule has 3 heteroatoms. The molecular weight excluding hydrogens is 210 g/mol. The first-order valence-electron chi connectivity index (χ1n) is 6.66. The number of nitrogens with zero attached hydrogens (tertiary/aromatic N) is 3. The average Bonchev–Trinajstić information content (AvgIpc) is 3.00. The third-order valence-electron chi connectivity index (χ3n) is 4.33. The lowest BCUT2D eigenvalue weighted by molar-refractivity contribution is 0.414. The van der Waals surface area contributed by atoms with Gasteiger partial charge in [-0.3, -0.25) is 0 Å². The summed E-state index contributed by atoms with van der Waals surface area (Å²) in [4.78, 5) is 4.70. The molecule has 0 aromatic carbocycles. The van der Waals surface area contributed by atoms with Crippen LogP contribution >= 0.6 is 0 Å². The van der Waals surface area contributed by atoms with E-state index in [2.05, 4.69) is 17.6 Å². The summed E-state index contributed by atoms with van der Waals surface area (Å²) >= 11 is 0. The van der Waals surface area contributed by atoms with Crippen LogP contribution in [0.25, 0.3) is 0 Å². The van der Waals surface area contributed by atoms with E-state index in [1.165, 1.54) is 43.5 Å². The van der Waals surface area contributed by atoms with E-state index in [0.717, 1.165) is 18.8 Å². The van der Waals surface area contributed by atoms with Gasteiger partial charge in [0, 0.05) is 24.1 Å². The Balaban J connectivity index is 1.88. The van der Waals surface area contributed by atoms with Crippen LogP contribution in [0.2, 0.25) is 0 Å². The summed E-state index contributed by atoms with van der Waals surface area (Å²) in [6.45, 7) is 3.13. The molecule has 0 spiro atoms. The fraction of sp³-hybridized carbons (Fsp3) is 0.714. The van der Waals surface area contributed by atoms with Gasteiger partial charge >= 0.3 is 0 Å². The van der Waals surface area contributed by atoms with Gasteiger partial charge in [0.2, 0.25) is 0 Å². The Bertz CT molecular complexity index is 474. The second-order valence-electron chi connectivity index (χ2n) is 5.68. The zero-order valence-corrected chi connectivity index (χ0v) is 10.5. The van der Waals surface area contributed by atoms with Gasteiger partial charge in [0.25, 0.3) is 0 Å². The largest absolute Gasteiger partial charge is 0.331 e. The van der Waals surface area contributed by atoms with Crippen molar-refractivity contribution < 1.29 is 0 Å². The number of rotatable bonds is 3. The normalized spacial score (nSPS) is 20.7. The monoisotopic (exact) mass is 229 g/mol. The van der Waals surface area contributed by atoms with E-state index in [1.807, 2.05) is 0 Å². The van der Waals surface area contributed by atoms with Gasteiger partial charge in [-0.25, -0.2) is 4.98 Å². The van der Waals surface area contributed by atoms with Crippen LogP contribution in [0.15, 0.2) is 0 Å². The molecular formula is C14H19N3. The Morgan fingerprint density at radius 2 is 2.12 bits per heavy atom. The van der Waals surface area contributed by atoms with E-state index in [-0.39, 0.29) is 5.41 Å². The van der Waals surface area contributed by atoms with Gasteiger partial charge in [-0.1, -0.05) is 0 Å². The molecule has 1 aromatic heterocycles. The molecule has 2 aliphatic carbocycles. The van der Waals surface area contributed by atoms with Crippen LogP contribution in [0.1, 0.15) is 49.3 Å². The summed E-state index contributed by atoms with van der Waals surface area (Å²) in [5, 5.41) is 8.90. The maximum absolute atomic E-state index is 8.90. The zero-order valence-electron chi connectivity index (χ0n) is 10.5. The maximum atomic E-state index is 8.90. The van der Waals surface area contributed by atoms with Crippen LogP contribution in [0.3, 0.4) is 0 Å². The Morgan fingerprint density at radius 1 is 1.35 bits per heavy atom. The minimum absolute atomic E-state index is 0.283. The first-order chi connectivity index (χ1) is 8.24. The van der Waals surface area contributed by atoms with Crippen molar-refractivity contribution in [2.45, 2.75) is 58.4 Å². The lowest BCUT2D eigenvalue weighted by Gasteiger charge is -2.18. The van der Waals surface area contributed by atoms with Crippen molar-refractivity contribution in [3.63, 3.8) is 0 Å². The number of fused-ring (bicyclic) bond motifs is 1. The molecule has 90 valence electrons. The summed E-state index contributed by atoms with van der Waals surface area (Å²) in [6, 6.07) is 2.35. The number of aromatic nitrogens is 2. The topological polar surface area (TPSA) is 41.6 Å². The molecule has 3 rings (SSSR count). The number of hydrogen-bond acceptors (Lipinski definition) is 2. The summed E-state index contributed by atoms with van der Waals surface area (Å²) in [7, 11) is 0.